The van der Waals surface area contributed by atoms with E-state index in [4.69, 9.17) is 25.5 Å². The molecule has 1 N–H and O–H groups in total. The normalized spacial score (nSPS) is 12.9. The number of methoxy groups -OCH3 is 1. The highest BCUT2D eigenvalue weighted by Gasteiger charge is 2.16. The Labute approximate surface area is 124 Å². The minimum atomic E-state index is 0.0142. The Balaban J connectivity index is 2.12. The van der Waals surface area contributed by atoms with Crippen molar-refractivity contribution in [1.82, 2.24) is 5.32 Å². The van der Waals surface area contributed by atoms with Gasteiger partial charge in [0.25, 0.3) is 0 Å². The summed E-state index contributed by atoms with van der Waals surface area (Å²) in [5.41, 5.74) is 0.726. The zero-order chi connectivity index (χ0) is 14.4. The Morgan fingerprint density at radius 1 is 1.35 bits per heavy atom. The van der Waals surface area contributed by atoms with Gasteiger partial charge in [-0.05, 0) is 18.7 Å². The van der Waals surface area contributed by atoms with Gasteiger partial charge in [0.15, 0.2) is 5.58 Å². The van der Waals surface area contributed by atoms with Crippen molar-refractivity contribution in [1.29, 1.82) is 0 Å². The molecule has 5 heteroatoms. The number of hydrogen-bond donors (Lipinski definition) is 1. The average molecular weight is 298 g/mol. The van der Waals surface area contributed by atoms with Gasteiger partial charge in [-0.15, -0.1) is 0 Å². The van der Waals surface area contributed by atoms with Crippen molar-refractivity contribution in [3.05, 3.63) is 35.0 Å². The minimum Gasteiger partial charge on any atom is -0.458 e. The maximum absolute atomic E-state index is 6.14. The van der Waals surface area contributed by atoms with Crippen LogP contribution in [-0.2, 0) is 9.47 Å². The van der Waals surface area contributed by atoms with Crippen molar-refractivity contribution in [3.8, 4) is 0 Å². The van der Waals surface area contributed by atoms with Crippen LogP contribution < -0.4 is 5.32 Å². The molecule has 1 heterocycles. The Morgan fingerprint density at radius 2 is 2.20 bits per heavy atom. The zero-order valence-electron chi connectivity index (χ0n) is 11.8. The van der Waals surface area contributed by atoms with E-state index in [2.05, 4.69) is 12.2 Å². The third-order valence-electron chi connectivity index (χ3n) is 3.03. The summed E-state index contributed by atoms with van der Waals surface area (Å²) in [6.45, 7) is 4.58. The molecule has 1 aromatic heterocycles. The van der Waals surface area contributed by atoms with E-state index in [1.54, 1.807) is 7.11 Å². The minimum absolute atomic E-state index is 0.0142. The predicted molar refractivity (Wildman–Crippen MR) is 80.3 cm³/mol. The van der Waals surface area contributed by atoms with Crippen molar-refractivity contribution in [2.24, 2.45) is 0 Å². The van der Waals surface area contributed by atoms with Crippen LogP contribution in [0.3, 0.4) is 0 Å². The van der Waals surface area contributed by atoms with Gasteiger partial charge in [0, 0.05) is 12.5 Å². The van der Waals surface area contributed by atoms with Crippen molar-refractivity contribution in [2.75, 3.05) is 33.5 Å². The van der Waals surface area contributed by atoms with Crippen LogP contribution in [0.15, 0.2) is 28.7 Å². The fraction of sp³-hybridized carbons (Fsp3) is 0.467. The Morgan fingerprint density at radius 3 is 2.90 bits per heavy atom. The maximum Gasteiger partial charge on any atom is 0.152 e. The lowest BCUT2D eigenvalue weighted by Gasteiger charge is -2.15. The molecule has 0 amide bonds. The highest BCUT2D eigenvalue weighted by Crippen LogP contribution is 2.29. The summed E-state index contributed by atoms with van der Waals surface area (Å²) in [7, 11) is 1.66. The summed E-state index contributed by atoms with van der Waals surface area (Å²) in [6, 6.07) is 7.76. The molecule has 110 valence electrons. The summed E-state index contributed by atoms with van der Waals surface area (Å²) in [5, 5.41) is 4.99. The molecule has 0 aliphatic carbocycles. The number of halogens is 1. The van der Waals surface area contributed by atoms with E-state index in [1.807, 2.05) is 24.3 Å². The standard InChI is InChI=1S/C15H20ClNO3/c1-3-17-13(10-19-8-7-18-2)14-9-11-5-4-6-12(16)15(11)20-14/h4-6,9,13,17H,3,7-8,10H2,1-2H3. The highest BCUT2D eigenvalue weighted by atomic mass is 35.5. The first-order valence-corrected chi connectivity index (χ1v) is 7.12. The first kappa shape index (κ1) is 15.3. The van der Waals surface area contributed by atoms with Crippen molar-refractivity contribution in [2.45, 2.75) is 13.0 Å². The second-order valence-electron chi connectivity index (χ2n) is 4.48. The SMILES string of the molecule is CCNC(COCCOC)c1cc2cccc(Cl)c2o1. The molecule has 0 bridgehead atoms. The van der Waals surface area contributed by atoms with Gasteiger partial charge >= 0.3 is 0 Å². The number of furan rings is 1. The largest absolute Gasteiger partial charge is 0.458 e. The third kappa shape index (κ3) is 3.73. The average Bonchev–Trinajstić information content (AvgIpc) is 2.88. The smallest absolute Gasteiger partial charge is 0.152 e. The first-order valence-electron chi connectivity index (χ1n) is 6.74. The molecule has 0 saturated carbocycles. The fourth-order valence-electron chi connectivity index (χ4n) is 2.05. The van der Waals surface area contributed by atoms with Crippen LogP contribution in [0, 0.1) is 0 Å². The molecule has 1 unspecified atom stereocenters. The van der Waals surface area contributed by atoms with Gasteiger partial charge in [-0.25, -0.2) is 0 Å². The number of benzene rings is 1. The summed E-state index contributed by atoms with van der Waals surface area (Å²) in [6.07, 6.45) is 0. The van der Waals surface area contributed by atoms with E-state index in [0.717, 1.165) is 23.3 Å². The summed E-state index contributed by atoms with van der Waals surface area (Å²) >= 11 is 6.14. The molecule has 2 rings (SSSR count). The van der Waals surface area contributed by atoms with Gasteiger partial charge in [0.05, 0.1) is 30.9 Å². The number of hydrogen-bond acceptors (Lipinski definition) is 4. The van der Waals surface area contributed by atoms with Gasteiger partial charge in [0.2, 0.25) is 0 Å². The zero-order valence-corrected chi connectivity index (χ0v) is 12.6. The number of ether oxygens (including phenoxy) is 2. The molecule has 0 fully saturated rings. The second-order valence-corrected chi connectivity index (χ2v) is 4.89. The van der Waals surface area contributed by atoms with Crippen molar-refractivity contribution < 1.29 is 13.9 Å². The van der Waals surface area contributed by atoms with Gasteiger partial charge in [0.1, 0.15) is 5.76 Å². The predicted octanol–water partition coefficient (Wildman–Crippen LogP) is 3.40. The number of fused-ring (bicyclic) bond motifs is 1. The van der Waals surface area contributed by atoms with E-state index in [-0.39, 0.29) is 6.04 Å². The molecule has 0 radical (unpaired) electrons. The van der Waals surface area contributed by atoms with Crippen LogP contribution in [0.5, 0.6) is 0 Å². The molecular formula is C15H20ClNO3. The van der Waals surface area contributed by atoms with Crippen LogP contribution in [0.4, 0.5) is 0 Å². The van der Waals surface area contributed by atoms with E-state index >= 15 is 0 Å². The number of likely N-dealkylation sites (N-methyl/N-ethyl adjacent to an activating group) is 1. The number of para-hydroxylation sites is 1. The first-order chi connectivity index (χ1) is 9.76. The van der Waals surface area contributed by atoms with Crippen LogP contribution in [0.1, 0.15) is 18.7 Å². The van der Waals surface area contributed by atoms with Crippen molar-refractivity contribution in [3.63, 3.8) is 0 Å². The Hall–Kier alpha value is -1.07. The molecule has 20 heavy (non-hydrogen) atoms. The molecule has 0 spiro atoms. The highest BCUT2D eigenvalue weighted by molar-refractivity contribution is 6.34. The quantitative estimate of drug-likeness (QED) is 0.759. The Kier molecular flexibility index (Phi) is 5.86. The molecule has 0 saturated heterocycles. The van der Waals surface area contributed by atoms with Gasteiger partial charge in [-0.3, -0.25) is 0 Å². The molecule has 0 aliphatic heterocycles. The second kappa shape index (κ2) is 7.64. The third-order valence-corrected chi connectivity index (χ3v) is 3.32. The lowest BCUT2D eigenvalue weighted by molar-refractivity contribution is 0.0559. The fourth-order valence-corrected chi connectivity index (χ4v) is 2.27. The van der Waals surface area contributed by atoms with E-state index < -0.39 is 0 Å². The topological polar surface area (TPSA) is 43.6 Å². The maximum atomic E-state index is 6.14. The monoisotopic (exact) mass is 297 g/mol. The molecule has 4 nitrogen and oxygen atoms in total. The van der Waals surface area contributed by atoms with Crippen LogP contribution in [-0.4, -0.2) is 33.5 Å². The molecule has 2 aromatic rings. The lowest BCUT2D eigenvalue weighted by atomic mass is 10.2. The summed E-state index contributed by atoms with van der Waals surface area (Å²) < 4.78 is 16.4. The number of rotatable bonds is 8. The molecule has 1 atom stereocenters. The molecule has 0 aliphatic rings. The lowest BCUT2D eigenvalue weighted by Crippen LogP contribution is -2.25. The van der Waals surface area contributed by atoms with Gasteiger partial charge in [-0.2, -0.15) is 0 Å². The summed E-state index contributed by atoms with van der Waals surface area (Å²) in [5.74, 6) is 0.840. The van der Waals surface area contributed by atoms with Crippen LogP contribution >= 0.6 is 11.6 Å². The Bertz CT molecular complexity index is 541. The molecular weight excluding hydrogens is 278 g/mol. The van der Waals surface area contributed by atoms with Gasteiger partial charge < -0.3 is 19.2 Å². The molecule has 1 aromatic carbocycles. The van der Waals surface area contributed by atoms with E-state index in [0.29, 0.717) is 24.8 Å². The van der Waals surface area contributed by atoms with Crippen LogP contribution in [0.25, 0.3) is 11.0 Å². The summed E-state index contributed by atoms with van der Waals surface area (Å²) in [4.78, 5) is 0. The van der Waals surface area contributed by atoms with Crippen LogP contribution in [0.2, 0.25) is 5.02 Å². The van der Waals surface area contributed by atoms with Crippen molar-refractivity contribution >= 4 is 22.6 Å². The number of nitrogens with one attached hydrogen (secondary N) is 1. The van der Waals surface area contributed by atoms with E-state index in [1.165, 1.54) is 0 Å². The van der Waals surface area contributed by atoms with E-state index in [9.17, 15) is 0 Å². The van der Waals surface area contributed by atoms with Gasteiger partial charge in [-0.1, -0.05) is 30.7 Å².